The van der Waals surface area contributed by atoms with Gasteiger partial charge in [0.05, 0.1) is 11.4 Å². The molecule has 1 N–H and O–H groups in total. The van der Waals surface area contributed by atoms with Gasteiger partial charge in [0.25, 0.3) is 0 Å². The van der Waals surface area contributed by atoms with Crippen LogP contribution in [0, 0.1) is 6.92 Å². The molecule has 0 aliphatic carbocycles. The third-order valence-electron chi connectivity index (χ3n) is 5.17. The second-order valence-electron chi connectivity index (χ2n) is 7.13. The molecule has 2 aliphatic rings. The fourth-order valence-corrected chi connectivity index (χ4v) is 4.90. The number of sulfonamides is 1. The smallest absolute Gasteiger partial charge is 0.243 e. The molecule has 2 saturated heterocycles. The highest BCUT2D eigenvalue weighted by atomic mass is 35.5. The predicted molar refractivity (Wildman–Crippen MR) is 115 cm³/mol. The van der Waals surface area contributed by atoms with Crippen LogP contribution in [-0.2, 0) is 14.8 Å². The molecule has 1 aromatic rings. The van der Waals surface area contributed by atoms with Gasteiger partial charge in [-0.1, -0.05) is 17.7 Å². The molecule has 0 spiro atoms. The third-order valence-corrected chi connectivity index (χ3v) is 7.08. The van der Waals surface area contributed by atoms with E-state index in [2.05, 4.69) is 17.1 Å². The van der Waals surface area contributed by atoms with Crippen LogP contribution in [0.2, 0.25) is 0 Å². The Hall–Kier alpha value is -0.900. The molecule has 0 unspecified atom stereocenters. The molecule has 7 nitrogen and oxygen atoms in total. The van der Waals surface area contributed by atoms with Gasteiger partial charge in [0, 0.05) is 51.9 Å². The molecule has 0 saturated carbocycles. The fourth-order valence-electron chi connectivity index (χ4n) is 3.48. The summed E-state index contributed by atoms with van der Waals surface area (Å²) in [6.45, 7) is 8.74. The SMILES string of the molecule is Cc1ccc(S(=O)(=O)N2CCN(CC(=O)N3CCNC[C@H]3C)CC2)cc1.Cl.Cl. The van der Waals surface area contributed by atoms with Crippen LogP contribution in [-0.4, -0.2) is 86.8 Å². The highest BCUT2D eigenvalue weighted by Gasteiger charge is 2.30. The Morgan fingerprint density at radius 2 is 1.68 bits per heavy atom. The van der Waals surface area contributed by atoms with Crippen LogP contribution in [0.4, 0.5) is 0 Å². The Morgan fingerprint density at radius 1 is 1.07 bits per heavy atom. The number of hydrogen-bond donors (Lipinski definition) is 1. The Bertz CT molecular complexity index is 738. The van der Waals surface area contributed by atoms with Crippen LogP contribution in [0.25, 0.3) is 0 Å². The van der Waals surface area contributed by atoms with E-state index in [0.29, 0.717) is 37.6 Å². The second-order valence-corrected chi connectivity index (χ2v) is 9.07. The molecule has 28 heavy (non-hydrogen) atoms. The number of nitrogens with zero attached hydrogens (tertiary/aromatic N) is 3. The van der Waals surface area contributed by atoms with Crippen molar-refractivity contribution in [3.8, 4) is 0 Å². The van der Waals surface area contributed by atoms with E-state index in [-0.39, 0.29) is 36.8 Å². The summed E-state index contributed by atoms with van der Waals surface area (Å²) in [7, 11) is -3.46. The van der Waals surface area contributed by atoms with Crippen molar-refractivity contribution in [1.29, 1.82) is 0 Å². The Kier molecular flexibility index (Phi) is 9.66. The van der Waals surface area contributed by atoms with Crippen LogP contribution < -0.4 is 5.32 Å². The summed E-state index contributed by atoms with van der Waals surface area (Å²) in [6.07, 6.45) is 0. The summed E-state index contributed by atoms with van der Waals surface area (Å²) in [5, 5.41) is 3.28. The summed E-state index contributed by atoms with van der Waals surface area (Å²) >= 11 is 0. The first kappa shape index (κ1) is 25.1. The Balaban J connectivity index is 0.00000196. The number of carbonyl (C=O) groups excluding carboxylic acids is 1. The third kappa shape index (κ3) is 5.81. The highest BCUT2D eigenvalue weighted by Crippen LogP contribution is 2.18. The fraction of sp³-hybridized carbons (Fsp3) is 0.611. The number of piperazine rings is 2. The summed E-state index contributed by atoms with van der Waals surface area (Å²) in [5.74, 6) is 0.133. The van der Waals surface area contributed by atoms with Gasteiger partial charge in [-0.25, -0.2) is 8.42 Å². The molecule has 1 amide bonds. The van der Waals surface area contributed by atoms with Crippen LogP contribution in [0.15, 0.2) is 29.2 Å². The average Bonchev–Trinajstić information content (AvgIpc) is 2.63. The first-order chi connectivity index (χ1) is 12.4. The number of benzene rings is 1. The minimum atomic E-state index is -3.46. The first-order valence-corrected chi connectivity index (χ1v) is 10.6. The molecule has 2 fully saturated rings. The van der Waals surface area contributed by atoms with Crippen LogP contribution in [0.5, 0.6) is 0 Å². The number of rotatable bonds is 4. The predicted octanol–water partition coefficient (Wildman–Crippen LogP) is 0.965. The van der Waals surface area contributed by atoms with Gasteiger partial charge in [-0.15, -0.1) is 24.8 Å². The zero-order valence-corrected chi connectivity index (χ0v) is 18.8. The second kappa shape index (κ2) is 10.8. The van der Waals surface area contributed by atoms with Gasteiger partial charge >= 0.3 is 0 Å². The molecule has 1 aromatic carbocycles. The van der Waals surface area contributed by atoms with Crippen molar-refractivity contribution in [2.45, 2.75) is 24.8 Å². The summed E-state index contributed by atoms with van der Waals surface area (Å²) in [4.78, 5) is 16.8. The molecule has 0 aromatic heterocycles. The molecule has 160 valence electrons. The van der Waals surface area contributed by atoms with E-state index in [0.717, 1.165) is 25.2 Å². The summed E-state index contributed by atoms with van der Waals surface area (Å²) < 4.78 is 27.0. The van der Waals surface area contributed by atoms with Crippen molar-refractivity contribution >= 4 is 40.7 Å². The normalized spacial score (nSPS) is 21.5. The van der Waals surface area contributed by atoms with Crippen molar-refractivity contribution in [1.82, 2.24) is 19.4 Å². The van der Waals surface area contributed by atoms with Gasteiger partial charge in [0.15, 0.2) is 0 Å². The standard InChI is InChI=1S/C18H28N4O3S.2ClH/c1-15-3-5-17(6-4-15)26(24,25)21-11-9-20(10-12-21)14-18(23)22-8-7-19-13-16(22)2;;/h3-6,16,19H,7-14H2,1-2H3;2*1H/t16-;;/m1../s1. The molecule has 0 bridgehead atoms. The molecule has 2 aliphatic heterocycles. The van der Waals surface area contributed by atoms with Crippen LogP contribution in [0.1, 0.15) is 12.5 Å². The van der Waals surface area contributed by atoms with Crippen LogP contribution in [0.3, 0.4) is 0 Å². The van der Waals surface area contributed by atoms with Gasteiger partial charge in [0.1, 0.15) is 0 Å². The Morgan fingerprint density at radius 3 is 2.25 bits per heavy atom. The molecule has 0 radical (unpaired) electrons. The Labute approximate surface area is 180 Å². The van der Waals surface area contributed by atoms with Gasteiger partial charge < -0.3 is 10.2 Å². The van der Waals surface area contributed by atoms with Crippen molar-refractivity contribution in [3.63, 3.8) is 0 Å². The van der Waals surface area contributed by atoms with Crippen molar-refractivity contribution in [2.24, 2.45) is 0 Å². The number of halogens is 2. The monoisotopic (exact) mass is 452 g/mol. The van der Waals surface area contributed by atoms with Crippen molar-refractivity contribution in [3.05, 3.63) is 29.8 Å². The van der Waals surface area contributed by atoms with Crippen molar-refractivity contribution in [2.75, 3.05) is 52.4 Å². The minimum absolute atomic E-state index is 0. The molecule has 10 heteroatoms. The molecular formula is C18H30Cl2N4O3S. The zero-order valence-electron chi connectivity index (χ0n) is 16.3. The number of nitrogens with one attached hydrogen (secondary N) is 1. The van der Waals surface area contributed by atoms with Gasteiger partial charge in [-0.2, -0.15) is 4.31 Å². The quantitative estimate of drug-likeness (QED) is 0.736. The average molecular weight is 453 g/mol. The maximum Gasteiger partial charge on any atom is 0.243 e. The molecule has 2 heterocycles. The van der Waals surface area contributed by atoms with Gasteiger partial charge in [0.2, 0.25) is 15.9 Å². The lowest BCUT2D eigenvalue weighted by molar-refractivity contribution is -0.135. The molecule has 3 rings (SSSR count). The molecular weight excluding hydrogens is 423 g/mol. The number of amides is 1. The lowest BCUT2D eigenvalue weighted by atomic mass is 10.2. The van der Waals surface area contributed by atoms with E-state index in [9.17, 15) is 13.2 Å². The maximum absolute atomic E-state index is 12.7. The number of hydrogen-bond acceptors (Lipinski definition) is 5. The lowest BCUT2D eigenvalue weighted by Crippen LogP contribution is -2.56. The largest absolute Gasteiger partial charge is 0.336 e. The van der Waals surface area contributed by atoms with E-state index < -0.39 is 10.0 Å². The number of aryl methyl sites for hydroxylation is 1. The van der Waals surface area contributed by atoms with E-state index >= 15 is 0 Å². The zero-order chi connectivity index (χ0) is 18.7. The van der Waals surface area contributed by atoms with Crippen LogP contribution >= 0.6 is 24.8 Å². The van der Waals surface area contributed by atoms with E-state index in [1.165, 1.54) is 4.31 Å². The van der Waals surface area contributed by atoms with Crippen molar-refractivity contribution < 1.29 is 13.2 Å². The maximum atomic E-state index is 12.7. The lowest BCUT2D eigenvalue weighted by Gasteiger charge is -2.37. The summed E-state index contributed by atoms with van der Waals surface area (Å²) in [5.41, 5.74) is 1.04. The minimum Gasteiger partial charge on any atom is -0.336 e. The number of carbonyl (C=O) groups is 1. The molecule has 1 atom stereocenters. The first-order valence-electron chi connectivity index (χ1n) is 9.17. The van der Waals surface area contributed by atoms with Gasteiger partial charge in [-0.05, 0) is 26.0 Å². The highest BCUT2D eigenvalue weighted by molar-refractivity contribution is 7.89. The van der Waals surface area contributed by atoms with E-state index in [1.54, 1.807) is 12.1 Å². The van der Waals surface area contributed by atoms with E-state index in [1.807, 2.05) is 24.0 Å². The van der Waals surface area contributed by atoms with E-state index in [4.69, 9.17) is 0 Å². The van der Waals surface area contributed by atoms with Gasteiger partial charge in [-0.3, -0.25) is 9.69 Å². The topological polar surface area (TPSA) is 73.0 Å². The summed E-state index contributed by atoms with van der Waals surface area (Å²) in [6, 6.07) is 7.16.